The third kappa shape index (κ3) is 3.44. The van der Waals surface area contributed by atoms with Crippen LogP contribution in [0.15, 0.2) is 0 Å². The second-order valence-corrected chi connectivity index (χ2v) is 5.58. The van der Waals surface area contributed by atoms with Gasteiger partial charge in [-0.1, -0.05) is 42.1 Å². The van der Waals surface area contributed by atoms with Crippen LogP contribution in [-0.2, 0) is 0 Å². The highest BCUT2D eigenvalue weighted by molar-refractivity contribution is 9.09. The Morgan fingerprint density at radius 2 is 1.92 bits per heavy atom. The molecule has 0 aromatic heterocycles. The zero-order valence-electron chi connectivity index (χ0n) is 8.22. The van der Waals surface area contributed by atoms with Crippen LogP contribution in [0.1, 0.15) is 39.0 Å². The van der Waals surface area contributed by atoms with E-state index in [1.807, 2.05) is 0 Å². The summed E-state index contributed by atoms with van der Waals surface area (Å²) in [5, 5.41) is 0. The number of hydrogen-bond donors (Lipinski definition) is 0. The van der Waals surface area contributed by atoms with Gasteiger partial charge in [0.25, 0.3) is 0 Å². The van der Waals surface area contributed by atoms with Crippen LogP contribution in [-0.4, -0.2) is 29.4 Å². The Morgan fingerprint density at radius 3 is 2.42 bits per heavy atom. The molecule has 1 nitrogen and oxygen atoms in total. The lowest BCUT2D eigenvalue weighted by atomic mass is 9.94. The largest absolute Gasteiger partial charge is 0.302 e. The molecular formula is C10H20BrN. The van der Waals surface area contributed by atoms with Crippen molar-refractivity contribution >= 4 is 15.9 Å². The Bertz CT molecular complexity index is 119. The first kappa shape index (κ1) is 10.5. The number of alkyl halides is 1. The maximum atomic E-state index is 3.60. The maximum Gasteiger partial charge on any atom is 0.0244 e. The fourth-order valence-electron chi connectivity index (χ4n) is 2.07. The molecule has 1 saturated carbocycles. The van der Waals surface area contributed by atoms with Gasteiger partial charge in [-0.2, -0.15) is 0 Å². The molecule has 0 aromatic carbocycles. The van der Waals surface area contributed by atoms with E-state index in [9.17, 15) is 0 Å². The summed E-state index contributed by atoms with van der Waals surface area (Å²) in [7, 11) is 2.26. The van der Waals surface area contributed by atoms with E-state index in [0.717, 1.165) is 6.04 Å². The number of rotatable bonds is 3. The predicted octanol–water partition coefficient (Wildman–Crippen LogP) is 3.03. The van der Waals surface area contributed by atoms with E-state index in [1.165, 1.54) is 38.6 Å². The van der Waals surface area contributed by atoms with Crippen LogP contribution in [0.25, 0.3) is 0 Å². The summed E-state index contributed by atoms with van der Waals surface area (Å²) in [5.74, 6) is 0. The summed E-state index contributed by atoms with van der Waals surface area (Å²) in [6.45, 7) is 3.41. The second-order valence-electron chi connectivity index (χ2n) is 4.01. The minimum absolute atomic E-state index is 0.629. The first-order chi connectivity index (χ1) is 5.70. The van der Waals surface area contributed by atoms with Gasteiger partial charge in [0.15, 0.2) is 0 Å². The summed E-state index contributed by atoms with van der Waals surface area (Å²) in [6.07, 6.45) is 7.15. The van der Waals surface area contributed by atoms with Crippen molar-refractivity contribution in [1.82, 2.24) is 4.90 Å². The summed E-state index contributed by atoms with van der Waals surface area (Å²) >= 11 is 3.60. The van der Waals surface area contributed by atoms with Crippen molar-refractivity contribution < 1.29 is 0 Å². The highest BCUT2D eigenvalue weighted by Crippen LogP contribution is 2.22. The van der Waals surface area contributed by atoms with Gasteiger partial charge < -0.3 is 4.90 Å². The fourth-order valence-corrected chi connectivity index (χ4v) is 2.52. The van der Waals surface area contributed by atoms with Gasteiger partial charge in [-0.3, -0.25) is 0 Å². The van der Waals surface area contributed by atoms with E-state index in [1.54, 1.807) is 0 Å². The SMILES string of the molecule is CC(Br)CN(C)C1CCCCC1. The lowest BCUT2D eigenvalue weighted by Crippen LogP contribution is -2.36. The van der Waals surface area contributed by atoms with Crippen LogP contribution >= 0.6 is 15.9 Å². The molecule has 2 heteroatoms. The minimum atomic E-state index is 0.629. The molecule has 0 N–H and O–H groups in total. The Kier molecular flexibility index (Phi) is 4.59. The van der Waals surface area contributed by atoms with Gasteiger partial charge in [0, 0.05) is 17.4 Å². The smallest absolute Gasteiger partial charge is 0.0244 e. The Hall–Kier alpha value is 0.440. The molecule has 0 heterocycles. The highest BCUT2D eigenvalue weighted by Gasteiger charge is 2.18. The standard InChI is InChI=1S/C10H20BrN/c1-9(11)8-12(2)10-6-4-3-5-7-10/h9-10H,3-8H2,1-2H3. The topological polar surface area (TPSA) is 3.24 Å². The highest BCUT2D eigenvalue weighted by atomic mass is 79.9. The van der Waals surface area contributed by atoms with Crippen LogP contribution in [0.2, 0.25) is 0 Å². The van der Waals surface area contributed by atoms with Crippen molar-refractivity contribution in [2.45, 2.75) is 49.9 Å². The molecular weight excluding hydrogens is 214 g/mol. The summed E-state index contributed by atoms with van der Waals surface area (Å²) < 4.78 is 0. The molecule has 1 aliphatic carbocycles. The first-order valence-corrected chi connectivity index (χ1v) is 5.96. The normalized spacial score (nSPS) is 23.0. The van der Waals surface area contributed by atoms with Gasteiger partial charge in [-0.25, -0.2) is 0 Å². The first-order valence-electron chi connectivity index (χ1n) is 5.04. The average molecular weight is 234 g/mol. The molecule has 0 radical (unpaired) electrons. The quantitative estimate of drug-likeness (QED) is 0.678. The van der Waals surface area contributed by atoms with Gasteiger partial charge >= 0.3 is 0 Å². The van der Waals surface area contributed by atoms with Gasteiger partial charge in [0.2, 0.25) is 0 Å². The zero-order chi connectivity index (χ0) is 8.97. The van der Waals surface area contributed by atoms with Crippen molar-refractivity contribution in [2.24, 2.45) is 0 Å². The van der Waals surface area contributed by atoms with Crippen molar-refractivity contribution in [3.05, 3.63) is 0 Å². The van der Waals surface area contributed by atoms with Crippen LogP contribution in [0.3, 0.4) is 0 Å². The van der Waals surface area contributed by atoms with Crippen LogP contribution < -0.4 is 0 Å². The Labute approximate surface area is 84.6 Å². The molecule has 0 saturated heterocycles. The van der Waals surface area contributed by atoms with Crippen LogP contribution in [0.5, 0.6) is 0 Å². The van der Waals surface area contributed by atoms with Gasteiger partial charge in [0.05, 0.1) is 0 Å². The predicted molar refractivity (Wildman–Crippen MR) is 57.9 cm³/mol. The van der Waals surface area contributed by atoms with E-state index >= 15 is 0 Å². The summed E-state index contributed by atoms with van der Waals surface area (Å²) in [4.78, 5) is 3.14. The Morgan fingerprint density at radius 1 is 1.33 bits per heavy atom. The zero-order valence-corrected chi connectivity index (χ0v) is 9.81. The van der Waals surface area contributed by atoms with E-state index in [-0.39, 0.29) is 0 Å². The number of halogens is 1. The maximum absolute atomic E-state index is 3.60. The van der Waals surface area contributed by atoms with Gasteiger partial charge in [0.1, 0.15) is 0 Å². The van der Waals surface area contributed by atoms with Crippen molar-refractivity contribution in [3.8, 4) is 0 Å². The molecule has 1 fully saturated rings. The molecule has 0 amide bonds. The van der Waals surface area contributed by atoms with E-state index in [0.29, 0.717) is 4.83 Å². The molecule has 12 heavy (non-hydrogen) atoms. The van der Waals surface area contributed by atoms with Crippen LogP contribution in [0, 0.1) is 0 Å². The molecule has 0 aliphatic heterocycles. The monoisotopic (exact) mass is 233 g/mol. The minimum Gasteiger partial charge on any atom is -0.302 e. The Balaban J connectivity index is 2.24. The average Bonchev–Trinajstić information content (AvgIpc) is 2.05. The third-order valence-electron chi connectivity index (χ3n) is 2.74. The van der Waals surface area contributed by atoms with Crippen molar-refractivity contribution in [1.29, 1.82) is 0 Å². The molecule has 0 aromatic rings. The lowest BCUT2D eigenvalue weighted by molar-refractivity contribution is 0.195. The summed E-state index contributed by atoms with van der Waals surface area (Å²) in [6, 6.07) is 0.860. The van der Waals surface area contributed by atoms with Crippen molar-refractivity contribution in [2.75, 3.05) is 13.6 Å². The molecule has 0 spiro atoms. The van der Waals surface area contributed by atoms with Crippen LogP contribution in [0.4, 0.5) is 0 Å². The van der Waals surface area contributed by atoms with E-state index in [2.05, 4.69) is 34.8 Å². The molecule has 1 rings (SSSR count). The summed E-state index contributed by atoms with van der Waals surface area (Å²) in [5.41, 5.74) is 0. The molecule has 1 atom stereocenters. The van der Waals surface area contributed by atoms with Crippen molar-refractivity contribution in [3.63, 3.8) is 0 Å². The second kappa shape index (κ2) is 5.23. The molecule has 1 aliphatic rings. The van der Waals surface area contributed by atoms with Gasteiger partial charge in [-0.15, -0.1) is 0 Å². The molecule has 72 valence electrons. The number of hydrogen-bond acceptors (Lipinski definition) is 1. The van der Waals surface area contributed by atoms with Gasteiger partial charge in [-0.05, 0) is 19.9 Å². The van der Waals surface area contributed by atoms with E-state index < -0.39 is 0 Å². The fraction of sp³-hybridized carbons (Fsp3) is 1.00. The number of nitrogens with zero attached hydrogens (tertiary/aromatic N) is 1. The lowest BCUT2D eigenvalue weighted by Gasteiger charge is -2.31. The third-order valence-corrected chi connectivity index (χ3v) is 3.03. The molecule has 1 unspecified atom stereocenters. The van der Waals surface area contributed by atoms with E-state index in [4.69, 9.17) is 0 Å². The molecule has 0 bridgehead atoms.